The smallest absolute Gasteiger partial charge is 0.327 e. The zero-order chi connectivity index (χ0) is 14.8. The van der Waals surface area contributed by atoms with Crippen molar-refractivity contribution in [3.05, 3.63) is 0 Å². The number of piperazine rings is 1. The first-order chi connectivity index (χ1) is 9.53. The van der Waals surface area contributed by atoms with E-state index in [0.29, 0.717) is 12.0 Å². The summed E-state index contributed by atoms with van der Waals surface area (Å²) < 4.78 is 5.13. The molecule has 2 aliphatic rings. The number of carbonyl (C=O) groups excluding carboxylic acids is 1. The third-order valence-corrected chi connectivity index (χ3v) is 4.74. The Morgan fingerprint density at radius 2 is 2.10 bits per heavy atom. The van der Waals surface area contributed by atoms with Gasteiger partial charge >= 0.3 is 5.97 Å². The monoisotopic (exact) mass is 283 g/mol. The highest BCUT2D eigenvalue weighted by molar-refractivity contribution is 5.82. The van der Waals surface area contributed by atoms with Crippen molar-refractivity contribution >= 4 is 5.97 Å². The van der Waals surface area contributed by atoms with Crippen LogP contribution in [0.25, 0.3) is 0 Å². The van der Waals surface area contributed by atoms with Crippen molar-refractivity contribution in [3.8, 4) is 0 Å². The third-order valence-electron chi connectivity index (χ3n) is 4.74. The number of methoxy groups -OCH3 is 1. The first kappa shape index (κ1) is 15.7. The minimum atomic E-state index is -0.506. The van der Waals surface area contributed by atoms with E-state index in [-0.39, 0.29) is 5.97 Å². The molecule has 1 aliphatic heterocycles. The molecule has 0 amide bonds. The van der Waals surface area contributed by atoms with Crippen LogP contribution in [0.3, 0.4) is 0 Å². The van der Waals surface area contributed by atoms with Crippen LogP contribution in [-0.4, -0.2) is 74.2 Å². The van der Waals surface area contributed by atoms with Gasteiger partial charge < -0.3 is 15.0 Å². The number of hydrogen-bond acceptors (Lipinski definition) is 5. The van der Waals surface area contributed by atoms with Gasteiger partial charge in [-0.3, -0.25) is 4.90 Å². The molecule has 0 radical (unpaired) electrons. The van der Waals surface area contributed by atoms with Crippen LogP contribution in [0.5, 0.6) is 0 Å². The quantitative estimate of drug-likeness (QED) is 0.722. The fourth-order valence-electron chi connectivity index (χ4n) is 3.44. The van der Waals surface area contributed by atoms with Crippen LogP contribution < -0.4 is 5.32 Å². The lowest BCUT2D eigenvalue weighted by molar-refractivity contribution is -0.151. The van der Waals surface area contributed by atoms with Crippen molar-refractivity contribution in [1.29, 1.82) is 0 Å². The van der Waals surface area contributed by atoms with E-state index in [4.69, 9.17) is 4.74 Å². The van der Waals surface area contributed by atoms with E-state index in [0.717, 1.165) is 45.6 Å². The molecule has 5 heteroatoms. The van der Waals surface area contributed by atoms with E-state index < -0.39 is 5.54 Å². The van der Waals surface area contributed by atoms with Gasteiger partial charge in [0.15, 0.2) is 0 Å². The zero-order valence-electron chi connectivity index (χ0n) is 13.3. The molecule has 1 saturated carbocycles. The van der Waals surface area contributed by atoms with Gasteiger partial charge in [-0.15, -0.1) is 0 Å². The molecule has 0 aromatic rings. The molecule has 0 aromatic heterocycles. The molecule has 2 rings (SSSR count). The minimum Gasteiger partial charge on any atom is -0.468 e. The molecule has 5 nitrogen and oxygen atoms in total. The fraction of sp³-hybridized carbons (Fsp3) is 0.933. The number of esters is 1. The predicted molar refractivity (Wildman–Crippen MR) is 79.7 cm³/mol. The summed E-state index contributed by atoms with van der Waals surface area (Å²) in [4.78, 5) is 17.2. The minimum absolute atomic E-state index is 0.0898. The number of carbonyl (C=O) groups is 1. The molecule has 1 saturated heterocycles. The van der Waals surface area contributed by atoms with Crippen LogP contribution in [0.1, 0.15) is 26.7 Å². The average molecular weight is 283 g/mol. The summed E-state index contributed by atoms with van der Waals surface area (Å²) in [6.45, 7) is 9.03. The molecular weight excluding hydrogens is 254 g/mol. The predicted octanol–water partition coefficient (Wildman–Crippen LogP) is 0.554. The maximum Gasteiger partial charge on any atom is 0.327 e. The lowest BCUT2D eigenvalue weighted by Gasteiger charge is -2.43. The highest BCUT2D eigenvalue weighted by atomic mass is 16.5. The summed E-state index contributed by atoms with van der Waals surface area (Å²) in [7, 11) is 3.66. The van der Waals surface area contributed by atoms with Gasteiger partial charge in [-0.1, -0.05) is 6.92 Å². The van der Waals surface area contributed by atoms with Crippen molar-refractivity contribution in [2.75, 3.05) is 46.9 Å². The van der Waals surface area contributed by atoms with Crippen molar-refractivity contribution in [2.24, 2.45) is 5.92 Å². The second kappa shape index (κ2) is 6.41. The molecule has 0 aromatic carbocycles. The van der Waals surface area contributed by atoms with Gasteiger partial charge in [-0.05, 0) is 39.3 Å². The summed E-state index contributed by atoms with van der Waals surface area (Å²) in [5.41, 5.74) is -0.506. The Morgan fingerprint density at radius 1 is 1.40 bits per heavy atom. The standard InChI is InChI=1S/C15H29N3O2/c1-5-16-15(13-6-7-13,14(19)20-4)11-18-9-8-17(3)10-12(18)2/h12-13,16H,5-11H2,1-4H3. The van der Waals surface area contributed by atoms with E-state index in [1.54, 1.807) is 0 Å². The zero-order valence-corrected chi connectivity index (χ0v) is 13.3. The highest BCUT2D eigenvalue weighted by Gasteiger charge is 2.52. The van der Waals surface area contributed by atoms with Gasteiger partial charge in [-0.2, -0.15) is 0 Å². The number of hydrogen-bond donors (Lipinski definition) is 1. The molecule has 2 unspecified atom stereocenters. The normalized spacial score (nSPS) is 28.1. The first-order valence-corrected chi connectivity index (χ1v) is 7.79. The lowest BCUT2D eigenvalue weighted by atomic mass is 9.91. The Bertz CT molecular complexity index is 346. The van der Waals surface area contributed by atoms with Gasteiger partial charge in [0.2, 0.25) is 0 Å². The second-order valence-electron chi connectivity index (χ2n) is 6.35. The van der Waals surface area contributed by atoms with Gasteiger partial charge in [-0.25, -0.2) is 4.79 Å². The first-order valence-electron chi connectivity index (χ1n) is 7.79. The van der Waals surface area contributed by atoms with Crippen molar-refractivity contribution in [3.63, 3.8) is 0 Å². The topological polar surface area (TPSA) is 44.8 Å². The molecule has 1 aliphatic carbocycles. The Hall–Kier alpha value is -0.650. The Morgan fingerprint density at radius 3 is 2.60 bits per heavy atom. The van der Waals surface area contributed by atoms with Crippen molar-refractivity contribution in [2.45, 2.75) is 38.3 Å². The third kappa shape index (κ3) is 3.15. The van der Waals surface area contributed by atoms with Gasteiger partial charge in [0.05, 0.1) is 7.11 Å². The van der Waals surface area contributed by atoms with E-state index >= 15 is 0 Å². The largest absolute Gasteiger partial charge is 0.468 e. The SMILES string of the molecule is CCNC(CN1CCN(C)CC1C)(C(=O)OC)C1CC1. The Kier molecular flexibility index (Phi) is 5.04. The molecule has 116 valence electrons. The lowest BCUT2D eigenvalue weighted by Crippen LogP contribution is -2.64. The number of nitrogens with one attached hydrogen (secondary N) is 1. The van der Waals surface area contributed by atoms with E-state index in [2.05, 4.69) is 36.0 Å². The Balaban J connectivity index is 2.12. The highest BCUT2D eigenvalue weighted by Crippen LogP contribution is 2.41. The fourth-order valence-corrected chi connectivity index (χ4v) is 3.44. The van der Waals surface area contributed by atoms with Crippen LogP contribution in [0.4, 0.5) is 0 Å². The number of ether oxygens (including phenoxy) is 1. The molecule has 0 bridgehead atoms. The molecule has 1 heterocycles. The van der Waals surface area contributed by atoms with Crippen molar-refractivity contribution in [1.82, 2.24) is 15.1 Å². The summed E-state index contributed by atoms with van der Waals surface area (Å²) in [5, 5.41) is 3.46. The summed E-state index contributed by atoms with van der Waals surface area (Å²) >= 11 is 0. The molecule has 20 heavy (non-hydrogen) atoms. The van der Waals surface area contributed by atoms with Crippen LogP contribution in [0.2, 0.25) is 0 Å². The molecular formula is C15H29N3O2. The van der Waals surface area contributed by atoms with E-state index in [1.807, 2.05) is 0 Å². The summed E-state index contributed by atoms with van der Waals surface area (Å²) in [5.74, 6) is 0.342. The van der Waals surface area contributed by atoms with Crippen LogP contribution in [0.15, 0.2) is 0 Å². The van der Waals surface area contributed by atoms with Crippen molar-refractivity contribution < 1.29 is 9.53 Å². The van der Waals surface area contributed by atoms with E-state index in [1.165, 1.54) is 7.11 Å². The maximum atomic E-state index is 12.4. The summed E-state index contributed by atoms with van der Waals surface area (Å²) in [6, 6.07) is 0.482. The van der Waals surface area contributed by atoms with Gasteiger partial charge in [0.1, 0.15) is 5.54 Å². The molecule has 2 fully saturated rings. The van der Waals surface area contributed by atoms with Crippen LogP contribution in [-0.2, 0) is 9.53 Å². The van der Waals surface area contributed by atoms with Crippen LogP contribution >= 0.6 is 0 Å². The number of nitrogens with zero attached hydrogens (tertiary/aromatic N) is 2. The average Bonchev–Trinajstić information content (AvgIpc) is 3.25. The second-order valence-corrected chi connectivity index (χ2v) is 6.35. The van der Waals surface area contributed by atoms with Gasteiger partial charge in [0.25, 0.3) is 0 Å². The summed E-state index contributed by atoms with van der Waals surface area (Å²) in [6.07, 6.45) is 2.26. The molecule has 0 spiro atoms. The molecule has 2 atom stereocenters. The van der Waals surface area contributed by atoms with E-state index in [9.17, 15) is 4.79 Å². The Labute approximate surface area is 122 Å². The number of likely N-dealkylation sites (N-methyl/N-ethyl adjacent to an activating group) is 2. The molecule has 1 N–H and O–H groups in total. The van der Waals surface area contributed by atoms with Gasteiger partial charge in [0, 0.05) is 32.2 Å². The van der Waals surface area contributed by atoms with Crippen LogP contribution in [0, 0.1) is 5.92 Å². The maximum absolute atomic E-state index is 12.4. The number of rotatable bonds is 6.